The van der Waals surface area contributed by atoms with Crippen molar-refractivity contribution >= 4 is 29.5 Å². The van der Waals surface area contributed by atoms with Gasteiger partial charge in [0.2, 0.25) is 0 Å². The molecule has 0 aromatic carbocycles. The van der Waals surface area contributed by atoms with Crippen molar-refractivity contribution in [2.45, 2.75) is 11.8 Å². The second-order valence-electron chi connectivity index (χ2n) is 2.99. The Balaban J connectivity index is 3.25. The lowest BCUT2D eigenvalue weighted by Crippen LogP contribution is -2.09. The van der Waals surface area contributed by atoms with Gasteiger partial charge >= 0.3 is 0 Å². The average molecular weight is 260 g/mol. The van der Waals surface area contributed by atoms with Crippen LogP contribution in [0.3, 0.4) is 0 Å². The number of nitrogens with two attached hydrogens (primary N) is 2. The summed E-state index contributed by atoms with van der Waals surface area (Å²) in [6.07, 6.45) is 5.21. The van der Waals surface area contributed by atoms with Crippen molar-refractivity contribution in [2.75, 3.05) is 0 Å². The number of rotatable bonds is 3. The predicted octanol–water partition coefficient (Wildman–Crippen LogP) is 2.19. The Bertz CT molecular complexity index is 408. The molecule has 0 bridgehead atoms. The van der Waals surface area contributed by atoms with Crippen molar-refractivity contribution in [1.82, 2.24) is 0 Å². The minimum atomic E-state index is -0.326. The highest BCUT2D eigenvalue weighted by atomic mass is 35.5. The molecule has 7 heteroatoms. The van der Waals surface area contributed by atoms with Crippen molar-refractivity contribution in [3.05, 3.63) is 34.3 Å². The summed E-state index contributed by atoms with van der Waals surface area (Å²) in [7, 11) is 0. The fraction of sp³-hybridized carbons (Fsp3) is 0.222. The lowest BCUT2D eigenvalue weighted by molar-refractivity contribution is 0.967. The zero-order valence-electron chi connectivity index (χ0n) is 8.32. The number of hydrogen-bond donors (Lipinski definition) is 3. The molecule has 1 aliphatic rings. The first-order valence-corrected chi connectivity index (χ1v) is 5.25. The maximum Gasteiger partial charge on any atom is 0.153 e. The van der Waals surface area contributed by atoms with E-state index in [0.29, 0.717) is 17.0 Å². The number of aliphatic imine (C=N–C) groups is 1. The minimum Gasteiger partial charge on any atom is -0.390 e. The van der Waals surface area contributed by atoms with Crippen molar-refractivity contribution in [1.29, 1.82) is 5.53 Å². The van der Waals surface area contributed by atoms with Gasteiger partial charge < -0.3 is 11.5 Å². The quantitative estimate of drug-likeness (QED) is 0.313. The van der Waals surface area contributed by atoms with Gasteiger partial charge in [0.1, 0.15) is 5.70 Å². The topological polar surface area (TPSA) is 101 Å². The van der Waals surface area contributed by atoms with E-state index in [9.17, 15) is 0 Å². The molecule has 1 aliphatic carbocycles. The molecule has 0 aromatic rings. The van der Waals surface area contributed by atoms with Crippen LogP contribution in [0.4, 0.5) is 0 Å². The van der Waals surface area contributed by atoms with Crippen LogP contribution in [0.2, 0.25) is 0 Å². The van der Waals surface area contributed by atoms with Crippen molar-refractivity contribution in [3.63, 3.8) is 0 Å². The Labute approximate surface area is 103 Å². The first kappa shape index (κ1) is 12.7. The van der Waals surface area contributed by atoms with Gasteiger partial charge in [0.05, 0.1) is 11.7 Å². The molecule has 5 N–H and O–H groups in total. The van der Waals surface area contributed by atoms with Crippen LogP contribution in [0.15, 0.2) is 44.4 Å². The molecule has 0 aromatic heterocycles. The van der Waals surface area contributed by atoms with Crippen molar-refractivity contribution < 1.29 is 0 Å². The summed E-state index contributed by atoms with van der Waals surface area (Å²) in [5, 5.41) is 3.38. The van der Waals surface area contributed by atoms with Gasteiger partial charge in [0, 0.05) is 10.6 Å². The Kier molecular flexibility index (Phi) is 4.52. The van der Waals surface area contributed by atoms with Crippen LogP contribution < -0.4 is 11.5 Å². The standard InChI is InChI=1S/C9H11Cl2N5/c10-6-3-1-2-5(7(6)11)8(16-14)9(13)15-4-12/h1-2,4,6,14H,3,13H2,(H2,12,15)/b9-8-,16-14?. The van der Waals surface area contributed by atoms with Gasteiger partial charge in [0.15, 0.2) is 5.82 Å². The van der Waals surface area contributed by atoms with E-state index in [4.69, 9.17) is 40.2 Å². The van der Waals surface area contributed by atoms with E-state index in [0.717, 1.165) is 6.34 Å². The first-order chi connectivity index (χ1) is 7.61. The van der Waals surface area contributed by atoms with E-state index in [2.05, 4.69) is 10.1 Å². The maximum absolute atomic E-state index is 7.06. The van der Waals surface area contributed by atoms with E-state index >= 15 is 0 Å². The number of allylic oxidation sites excluding steroid dienone is 3. The number of alkyl halides is 1. The molecule has 1 rings (SSSR count). The highest BCUT2D eigenvalue weighted by Gasteiger charge is 2.20. The van der Waals surface area contributed by atoms with Crippen LogP contribution in [0.1, 0.15) is 6.42 Å². The molecule has 0 amide bonds. The Morgan fingerprint density at radius 3 is 2.88 bits per heavy atom. The van der Waals surface area contributed by atoms with Gasteiger partial charge in [-0.25, -0.2) is 10.5 Å². The van der Waals surface area contributed by atoms with E-state index in [1.165, 1.54) is 0 Å². The molecule has 0 radical (unpaired) electrons. The number of hydrogen-bond acceptors (Lipinski definition) is 4. The number of nitrogens with one attached hydrogen (secondary N) is 1. The molecule has 0 saturated heterocycles. The lowest BCUT2D eigenvalue weighted by atomic mass is 10.0. The summed E-state index contributed by atoms with van der Waals surface area (Å²) in [5.74, 6) is 0.0288. The second kappa shape index (κ2) is 5.67. The molecule has 1 unspecified atom stereocenters. The summed E-state index contributed by atoms with van der Waals surface area (Å²) >= 11 is 12.0. The Morgan fingerprint density at radius 2 is 2.31 bits per heavy atom. The van der Waals surface area contributed by atoms with Crippen molar-refractivity contribution in [3.8, 4) is 0 Å². The number of nitrogens with zero attached hydrogens (tertiary/aromatic N) is 2. The Hall–Kier alpha value is -1.33. The van der Waals surface area contributed by atoms with Crippen LogP contribution in [0, 0.1) is 5.53 Å². The van der Waals surface area contributed by atoms with Crippen LogP contribution in [0.25, 0.3) is 0 Å². The summed E-state index contributed by atoms with van der Waals surface area (Å²) < 4.78 is 0. The van der Waals surface area contributed by atoms with Gasteiger partial charge in [-0.1, -0.05) is 23.8 Å². The third-order valence-corrected chi connectivity index (χ3v) is 2.96. The molecule has 0 heterocycles. The van der Waals surface area contributed by atoms with Gasteiger partial charge in [-0.15, -0.1) is 11.6 Å². The molecule has 0 aliphatic heterocycles. The van der Waals surface area contributed by atoms with Crippen LogP contribution in [-0.2, 0) is 0 Å². The molecule has 0 spiro atoms. The van der Waals surface area contributed by atoms with Crippen LogP contribution in [-0.4, -0.2) is 11.7 Å². The number of halogens is 2. The smallest absolute Gasteiger partial charge is 0.153 e. The molecule has 0 fully saturated rings. The molecular formula is C9H11Cl2N5. The van der Waals surface area contributed by atoms with E-state index < -0.39 is 0 Å². The summed E-state index contributed by atoms with van der Waals surface area (Å²) in [6, 6.07) is 0. The molecule has 86 valence electrons. The van der Waals surface area contributed by atoms with Crippen molar-refractivity contribution in [2.24, 2.45) is 21.6 Å². The molecule has 5 nitrogen and oxygen atoms in total. The summed E-state index contributed by atoms with van der Waals surface area (Å²) in [4.78, 5) is 3.66. The highest BCUT2D eigenvalue weighted by molar-refractivity contribution is 6.38. The third-order valence-electron chi connectivity index (χ3n) is 1.98. The summed E-state index contributed by atoms with van der Waals surface area (Å²) in [6.45, 7) is 0. The van der Waals surface area contributed by atoms with E-state index in [1.807, 2.05) is 6.08 Å². The van der Waals surface area contributed by atoms with Crippen LogP contribution >= 0.6 is 23.2 Å². The fourth-order valence-electron chi connectivity index (χ4n) is 1.25. The largest absolute Gasteiger partial charge is 0.390 e. The van der Waals surface area contributed by atoms with Gasteiger partial charge in [-0.3, -0.25) is 0 Å². The minimum absolute atomic E-state index is 0.0288. The Morgan fingerprint density at radius 1 is 1.62 bits per heavy atom. The fourth-order valence-corrected chi connectivity index (χ4v) is 1.71. The molecule has 1 atom stereocenters. The SMILES string of the molecule is N=N/C(C1=C(Cl)C(Cl)CC=C1)=C(N)\N=C\N. The zero-order valence-corrected chi connectivity index (χ0v) is 9.83. The van der Waals surface area contributed by atoms with Gasteiger partial charge in [0.25, 0.3) is 0 Å². The normalized spacial score (nSPS) is 22.5. The van der Waals surface area contributed by atoms with Crippen LogP contribution in [0.5, 0.6) is 0 Å². The molecule has 0 saturated carbocycles. The third kappa shape index (κ3) is 2.62. The maximum atomic E-state index is 7.06. The second-order valence-corrected chi connectivity index (χ2v) is 3.93. The molecule has 16 heavy (non-hydrogen) atoms. The average Bonchev–Trinajstić information content (AvgIpc) is 2.25. The first-order valence-electron chi connectivity index (χ1n) is 4.44. The lowest BCUT2D eigenvalue weighted by Gasteiger charge is -2.15. The van der Waals surface area contributed by atoms with E-state index in [1.54, 1.807) is 6.08 Å². The zero-order chi connectivity index (χ0) is 12.1. The predicted molar refractivity (Wildman–Crippen MR) is 65.3 cm³/mol. The molecular weight excluding hydrogens is 249 g/mol. The van der Waals surface area contributed by atoms with E-state index in [-0.39, 0.29) is 16.9 Å². The summed E-state index contributed by atoms with van der Waals surface area (Å²) in [5.41, 5.74) is 18.4. The van der Waals surface area contributed by atoms with Gasteiger partial charge in [-0.2, -0.15) is 5.11 Å². The van der Waals surface area contributed by atoms with Gasteiger partial charge in [-0.05, 0) is 6.42 Å². The monoisotopic (exact) mass is 259 g/mol. The highest BCUT2D eigenvalue weighted by Crippen LogP contribution is 2.32.